The number of anilines is 1. The van der Waals surface area contributed by atoms with E-state index in [0.717, 1.165) is 0 Å². The fraction of sp³-hybridized carbons (Fsp3) is 0.667. The number of benzene rings is 1. The quantitative estimate of drug-likeness (QED) is 0.756. The molecule has 0 bridgehead atoms. The van der Waals surface area contributed by atoms with Crippen LogP contribution >= 0.6 is 0 Å². The number of hydrogen-bond donors (Lipinski definition) is 2. The summed E-state index contributed by atoms with van der Waals surface area (Å²) in [7, 11) is -0.757. The lowest BCUT2D eigenvalue weighted by atomic mass is 9.76. The van der Waals surface area contributed by atoms with Crippen molar-refractivity contribution in [1.82, 2.24) is 5.32 Å². The molecule has 1 aromatic rings. The number of carbonyl (C=O) groups excluding carboxylic acids is 1. The van der Waals surface area contributed by atoms with Crippen LogP contribution in [-0.2, 0) is 9.31 Å². The average Bonchev–Trinajstić information content (AvgIpc) is 2.73. The minimum Gasteiger partial charge on any atom is -0.399 e. The SMILES string of the molecule is CC(C)N1c2cc(B3OC(C)(C)C(C)(C)O3)cc(F)c2C(=O)NC1(C)C(C)(C)O. The van der Waals surface area contributed by atoms with Gasteiger partial charge >= 0.3 is 7.12 Å². The van der Waals surface area contributed by atoms with E-state index in [0.29, 0.717) is 11.2 Å². The van der Waals surface area contributed by atoms with Gasteiger partial charge < -0.3 is 24.6 Å². The number of hydrogen-bond acceptors (Lipinski definition) is 5. The summed E-state index contributed by atoms with van der Waals surface area (Å²) in [4.78, 5) is 14.7. The lowest BCUT2D eigenvalue weighted by molar-refractivity contribution is -0.0178. The molecular weight excluding hydrogens is 374 g/mol. The van der Waals surface area contributed by atoms with Crippen LogP contribution in [0, 0.1) is 5.82 Å². The molecule has 2 heterocycles. The van der Waals surface area contributed by atoms with Crippen molar-refractivity contribution in [3.63, 3.8) is 0 Å². The molecule has 0 spiro atoms. The first-order valence-corrected chi connectivity index (χ1v) is 10.0. The van der Waals surface area contributed by atoms with Gasteiger partial charge in [0, 0.05) is 6.04 Å². The first kappa shape index (κ1) is 22.1. The molecule has 2 N–H and O–H groups in total. The monoisotopic (exact) mass is 406 g/mol. The van der Waals surface area contributed by atoms with E-state index in [4.69, 9.17) is 9.31 Å². The molecule has 29 heavy (non-hydrogen) atoms. The van der Waals surface area contributed by atoms with Crippen LogP contribution in [0.3, 0.4) is 0 Å². The van der Waals surface area contributed by atoms with Crippen LogP contribution in [-0.4, -0.2) is 46.6 Å². The third-order valence-corrected chi connectivity index (χ3v) is 6.65. The summed E-state index contributed by atoms with van der Waals surface area (Å²) in [5.74, 6) is -1.20. The van der Waals surface area contributed by atoms with Crippen molar-refractivity contribution in [3.05, 3.63) is 23.5 Å². The Morgan fingerprint density at radius 1 is 1.14 bits per heavy atom. The fourth-order valence-electron chi connectivity index (χ4n) is 3.97. The first-order chi connectivity index (χ1) is 13.0. The van der Waals surface area contributed by atoms with Gasteiger partial charge in [-0.25, -0.2) is 4.39 Å². The highest BCUT2D eigenvalue weighted by Gasteiger charge is 2.54. The van der Waals surface area contributed by atoms with Crippen LogP contribution in [0.4, 0.5) is 10.1 Å². The van der Waals surface area contributed by atoms with Gasteiger partial charge in [0.1, 0.15) is 17.1 Å². The average molecular weight is 406 g/mol. The first-order valence-electron chi connectivity index (χ1n) is 10.0. The Morgan fingerprint density at radius 3 is 2.10 bits per heavy atom. The number of nitrogens with zero attached hydrogens (tertiary/aromatic N) is 1. The number of nitrogens with one attached hydrogen (secondary N) is 1. The van der Waals surface area contributed by atoms with Crippen molar-refractivity contribution in [3.8, 4) is 0 Å². The van der Waals surface area contributed by atoms with Crippen molar-refractivity contribution in [2.45, 2.75) is 90.8 Å². The van der Waals surface area contributed by atoms with Crippen LogP contribution < -0.4 is 15.7 Å². The van der Waals surface area contributed by atoms with Gasteiger partial charge in [0.05, 0.1) is 22.5 Å². The standard InChI is InChI=1S/C21H32BFN2O4/c1-12(2)25-15-11-13(22-28-19(5,6)20(7,8)29-22)10-14(23)16(15)17(26)24-21(25,9)18(3,4)27/h10-12,27H,1-9H3,(H,24,26). The summed E-state index contributed by atoms with van der Waals surface area (Å²) < 4.78 is 27.3. The maximum absolute atomic E-state index is 15.1. The van der Waals surface area contributed by atoms with E-state index >= 15 is 4.39 Å². The second-order valence-electron chi connectivity index (χ2n) is 10.0. The van der Waals surface area contributed by atoms with Gasteiger partial charge in [-0.15, -0.1) is 0 Å². The maximum Gasteiger partial charge on any atom is 0.495 e. The lowest BCUT2D eigenvalue weighted by Gasteiger charge is -2.54. The molecule has 2 aliphatic rings. The van der Waals surface area contributed by atoms with E-state index in [2.05, 4.69) is 5.32 Å². The normalized spacial score (nSPS) is 26.0. The summed E-state index contributed by atoms with van der Waals surface area (Å²) in [6, 6.07) is 2.91. The van der Waals surface area contributed by atoms with Gasteiger partial charge in [-0.2, -0.15) is 0 Å². The van der Waals surface area contributed by atoms with Crippen LogP contribution in [0.15, 0.2) is 12.1 Å². The third kappa shape index (κ3) is 3.25. The zero-order valence-corrected chi connectivity index (χ0v) is 18.8. The summed E-state index contributed by atoms with van der Waals surface area (Å²) in [6.45, 7) is 16.6. The molecule has 8 heteroatoms. The predicted octanol–water partition coefficient (Wildman–Crippen LogP) is 2.57. The second kappa shape index (κ2) is 6.43. The van der Waals surface area contributed by atoms with Crippen molar-refractivity contribution in [2.75, 3.05) is 4.90 Å². The zero-order chi connectivity index (χ0) is 22.2. The Kier molecular flexibility index (Phi) is 4.89. The van der Waals surface area contributed by atoms with E-state index in [1.165, 1.54) is 6.07 Å². The highest BCUT2D eigenvalue weighted by Crippen LogP contribution is 2.41. The largest absolute Gasteiger partial charge is 0.495 e. The van der Waals surface area contributed by atoms with Crippen molar-refractivity contribution in [2.24, 2.45) is 0 Å². The molecule has 0 aromatic heterocycles. The van der Waals surface area contributed by atoms with Crippen LogP contribution in [0.1, 0.15) is 72.7 Å². The Hall–Kier alpha value is -1.64. The fourth-order valence-corrected chi connectivity index (χ4v) is 3.97. The Morgan fingerprint density at radius 2 is 1.66 bits per heavy atom. The number of aliphatic hydroxyl groups is 1. The third-order valence-electron chi connectivity index (χ3n) is 6.65. The topological polar surface area (TPSA) is 71.0 Å². The summed E-state index contributed by atoms with van der Waals surface area (Å²) in [6.07, 6.45) is 0. The molecule has 0 radical (unpaired) electrons. The van der Waals surface area contributed by atoms with Crippen molar-refractivity contribution >= 4 is 24.2 Å². The van der Waals surface area contributed by atoms with Gasteiger partial charge in [0.2, 0.25) is 0 Å². The number of fused-ring (bicyclic) bond motifs is 1. The number of amides is 1. The lowest BCUT2D eigenvalue weighted by Crippen LogP contribution is -2.73. The number of carbonyl (C=O) groups is 1. The summed E-state index contributed by atoms with van der Waals surface area (Å²) in [5, 5.41) is 13.7. The highest BCUT2D eigenvalue weighted by atomic mass is 19.1. The molecule has 1 fully saturated rings. The molecule has 1 amide bonds. The molecule has 1 unspecified atom stereocenters. The van der Waals surface area contributed by atoms with E-state index < -0.39 is 41.3 Å². The molecule has 6 nitrogen and oxygen atoms in total. The molecule has 1 atom stereocenters. The Bertz CT molecular complexity index is 834. The van der Waals surface area contributed by atoms with Crippen LogP contribution in [0.2, 0.25) is 0 Å². The molecule has 160 valence electrons. The van der Waals surface area contributed by atoms with Crippen molar-refractivity contribution in [1.29, 1.82) is 0 Å². The van der Waals surface area contributed by atoms with Crippen LogP contribution in [0.25, 0.3) is 0 Å². The molecule has 1 saturated heterocycles. The van der Waals surface area contributed by atoms with Crippen molar-refractivity contribution < 1.29 is 23.6 Å². The Labute approximate surface area is 172 Å². The molecule has 1 aromatic carbocycles. The summed E-state index contributed by atoms with van der Waals surface area (Å²) in [5.41, 5.74) is -2.69. The molecular formula is C21H32BFN2O4. The minimum atomic E-state index is -1.29. The van der Waals surface area contributed by atoms with Gasteiger partial charge in [-0.3, -0.25) is 4.79 Å². The van der Waals surface area contributed by atoms with Gasteiger partial charge in [-0.1, -0.05) is 0 Å². The van der Waals surface area contributed by atoms with E-state index in [1.807, 2.05) is 46.4 Å². The number of halogens is 1. The molecule has 0 saturated carbocycles. The Balaban J connectivity index is 2.18. The molecule has 0 aliphatic carbocycles. The van der Waals surface area contributed by atoms with Gasteiger partial charge in [0.15, 0.2) is 0 Å². The zero-order valence-electron chi connectivity index (χ0n) is 18.8. The van der Waals surface area contributed by atoms with Gasteiger partial charge in [-0.05, 0) is 79.9 Å². The highest BCUT2D eigenvalue weighted by molar-refractivity contribution is 6.62. The summed E-state index contributed by atoms with van der Waals surface area (Å²) >= 11 is 0. The van der Waals surface area contributed by atoms with E-state index in [9.17, 15) is 9.90 Å². The predicted molar refractivity (Wildman–Crippen MR) is 112 cm³/mol. The van der Waals surface area contributed by atoms with E-state index in [-0.39, 0.29) is 11.6 Å². The van der Waals surface area contributed by atoms with E-state index in [1.54, 1.807) is 26.8 Å². The minimum absolute atomic E-state index is 0.0410. The van der Waals surface area contributed by atoms with Crippen LogP contribution in [0.5, 0.6) is 0 Å². The second-order valence-corrected chi connectivity index (χ2v) is 10.0. The number of rotatable bonds is 3. The maximum atomic E-state index is 15.1. The van der Waals surface area contributed by atoms with Gasteiger partial charge in [0.25, 0.3) is 5.91 Å². The molecule has 3 rings (SSSR count). The smallest absolute Gasteiger partial charge is 0.399 e. The molecule has 2 aliphatic heterocycles.